The lowest BCUT2D eigenvalue weighted by atomic mass is 10.1. The van der Waals surface area contributed by atoms with Crippen LogP contribution in [0.3, 0.4) is 0 Å². The summed E-state index contributed by atoms with van der Waals surface area (Å²) in [4.78, 5) is 50.2. The monoisotopic (exact) mass is 486 g/mol. The summed E-state index contributed by atoms with van der Waals surface area (Å²) in [5.74, 6) is -1.71. The fourth-order valence-electron chi connectivity index (χ4n) is 2.86. The predicted molar refractivity (Wildman–Crippen MR) is 130 cm³/mol. The highest BCUT2D eigenvalue weighted by atomic mass is 16.6. The summed E-state index contributed by atoms with van der Waals surface area (Å²) in [5.41, 5.74) is -2.15. The molecule has 34 heavy (non-hydrogen) atoms. The molecule has 1 unspecified atom stereocenters. The molecule has 0 aromatic carbocycles. The number of esters is 3. The van der Waals surface area contributed by atoms with Gasteiger partial charge in [0.2, 0.25) is 0 Å². The minimum absolute atomic E-state index is 0.00974. The van der Waals surface area contributed by atoms with E-state index < -0.39 is 52.8 Å². The Morgan fingerprint density at radius 3 is 1.44 bits per heavy atom. The Morgan fingerprint density at radius 1 is 0.647 bits per heavy atom. The molecule has 0 saturated heterocycles. The highest BCUT2D eigenvalue weighted by Gasteiger charge is 2.31. The third-order valence-corrected chi connectivity index (χ3v) is 4.15. The maximum absolute atomic E-state index is 12.8. The molecule has 0 spiro atoms. The van der Waals surface area contributed by atoms with E-state index in [1.807, 2.05) is 6.92 Å². The molecule has 0 aliphatic carbocycles. The van der Waals surface area contributed by atoms with Gasteiger partial charge in [0.05, 0.1) is 0 Å². The maximum Gasteiger partial charge on any atom is 0.329 e. The lowest BCUT2D eigenvalue weighted by Crippen LogP contribution is -2.53. The third kappa shape index (κ3) is 16.3. The predicted octanol–water partition coefficient (Wildman–Crippen LogP) is 4.41. The van der Waals surface area contributed by atoms with Gasteiger partial charge in [0.15, 0.2) is 0 Å². The Hall–Kier alpha value is -2.32. The van der Waals surface area contributed by atoms with Gasteiger partial charge in [-0.2, -0.15) is 0 Å². The van der Waals surface area contributed by atoms with E-state index in [0.29, 0.717) is 6.42 Å². The van der Waals surface area contributed by atoms with Gasteiger partial charge in [-0.25, -0.2) is 14.4 Å². The highest BCUT2D eigenvalue weighted by molar-refractivity contribution is 5.87. The fraction of sp³-hybridized carbons (Fsp3) is 0.840. The van der Waals surface area contributed by atoms with Crippen molar-refractivity contribution in [2.24, 2.45) is 0 Å². The van der Waals surface area contributed by atoms with E-state index in [1.165, 1.54) is 0 Å². The smallest absolute Gasteiger partial charge is 0.329 e. The second kappa shape index (κ2) is 13.5. The zero-order chi connectivity index (χ0) is 26.7. The van der Waals surface area contributed by atoms with Crippen LogP contribution in [0, 0.1) is 0 Å². The number of carbonyl (C=O) groups excluding carboxylic acids is 4. The second-order valence-electron chi connectivity index (χ2n) is 11.4. The first-order chi connectivity index (χ1) is 15.3. The molecule has 0 rings (SSSR count). The van der Waals surface area contributed by atoms with Gasteiger partial charge in [0, 0.05) is 6.42 Å². The number of hydrogen-bond acceptors (Lipinski definition) is 7. The number of ether oxygens (including phenoxy) is 3. The fourth-order valence-corrected chi connectivity index (χ4v) is 2.86. The van der Waals surface area contributed by atoms with Crippen LogP contribution in [0.15, 0.2) is 0 Å². The normalized spacial score (nSPS) is 13.9. The summed E-state index contributed by atoms with van der Waals surface area (Å²) in [7, 11) is 0. The Bertz CT molecular complexity index is 685. The zero-order valence-corrected chi connectivity index (χ0v) is 22.8. The molecule has 0 aliphatic heterocycles. The standard InChI is InChI=1S/C25H46N2O7/c1-11-12-13-14-17(20(29)33-24(5,6)7)26-22(31)27-18(21(30)34-25(8,9)10)15-16-19(28)32-23(2,3)4/h17-18H,11-16H2,1-10H3,(H2,26,27,31)/t17?,18-/m0/s1. The topological polar surface area (TPSA) is 120 Å². The Labute approximate surface area is 205 Å². The molecule has 0 aromatic rings. The van der Waals surface area contributed by atoms with Gasteiger partial charge in [-0.1, -0.05) is 26.2 Å². The van der Waals surface area contributed by atoms with Crippen molar-refractivity contribution in [3.8, 4) is 0 Å². The second-order valence-corrected chi connectivity index (χ2v) is 11.4. The van der Waals surface area contributed by atoms with Crippen LogP contribution in [0.1, 0.15) is 108 Å². The molecule has 2 amide bonds. The van der Waals surface area contributed by atoms with E-state index in [0.717, 1.165) is 19.3 Å². The SMILES string of the molecule is CCCCCC(NC(=O)N[C@@H](CCC(=O)OC(C)(C)C)C(=O)OC(C)(C)C)C(=O)OC(C)(C)C. The van der Waals surface area contributed by atoms with Crippen molar-refractivity contribution in [1.82, 2.24) is 10.6 Å². The molecule has 198 valence electrons. The molecule has 2 atom stereocenters. The molecule has 0 radical (unpaired) electrons. The summed E-state index contributed by atoms with van der Waals surface area (Å²) in [6.45, 7) is 17.7. The van der Waals surface area contributed by atoms with E-state index in [1.54, 1.807) is 62.3 Å². The van der Waals surface area contributed by atoms with Crippen molar-refractivity contribution in [2.45, 2.75) is 137 Å². The quantitative estimate of drug-likeness (QED) is 0.252. The third-order valence-electron chi connectivity index (χ3n) is 4.15. The summed E-state index contributed by atoms with van der Waals surface area (Å²) >= 11 is 0. The van der Waals surface area contributed by atoms with E-state index in [9.17, 15) is 19.2 Å². The summed E-state index contributed by atoms with van der Waals surface area (Å²) in [6.07, 6.45) is 2.90. The van der Waals surface area contributed by atoms with E-state index in [2.05, 4.69) is 10.6 Å². The molecule has 0 aromatic heterocycles. The van der Waals surface area contributed by atoms with E-state index >= 15 is 0 Å². The van der Waals surface area contributed by atoms with Crippen LogP contribution < -0.4 is 10.6 Å². The van der Waals surface area contributed by atoms with Crippen LogP contribution in [0.5, 0.6) is 0 Å². The molecule has 9 nitrogen and oxygen atoms in total. The minimum atomic E-state index is -1.10. The summed E-state index contributed by atoms with van der Waals surface area (Å²) < 4.78 is 16.1. The number of hydrogen-bond donors (Lipinski definition) is 2. The van der Waals surface area contributed by atoms with Gasteiger partial charge in [0.25, 0.3) is 0 Å². The highest BCUT2D eigenvalue weighted by Crippen LogP contribution is 2.15. The summed E-state index contributed by atoms with van der Waals surface area (Å²) in [6, 6.07) is -2.68. The number of unbranched alkanes of at least 4 members (excludes halogenated alkanes) is 2. The van der Waals surface area contributed by atoms with Crippen LogP contribution in [-0.4, -0.2) is 52.8 Å². The first-order valence-corrected chi connectivity index (χ1v) is 12.1. The Kier molecular flexibility index (Phi) is 12.6. The average Bonchev–Trinajstić information content (AvgIpc) is 2.60. The molecule has 9 heteroatoms. The Morgan fingerprint density at radius 2 is 1.06 bits per heavy atom. The maximum atomic E-state index is 12.8. The van der Waals surface area contributed by atoms with Crippen molar-refractivity contribution in [2.75, 3.05) is 0 Å². The molecular formula is C25H46N2O7. The van der Waals surface area contributed by atoms with Crippen molar-refractivity contribution >= 4 is 23.9 Å². The molecule has 0 bridgehead atoms. The number of nitrogens with one attached hydrogen (secondary N) is 2. The molecular weight excluding hydrogens is 440 g/mol. The first kappa shape index (κ1) is 31.7. The van der Waals surface area contributed by atoms with Gasteiger partial charge >= 0.3 is 23.9 Å². The lowest BCUT2D eigenvalue weighted by molar-refractivity contribution is -0.159. The molecule has 0 fully saturated rings. The van der Waals surface area contributed by atoms with Gasteiger partial charge in [0.1, 0.15) is 28.9 Å². The minimum Gasteiger partial charge on any atom is -0.460 e. The largest absolute Gasteiger partial charge is 0.460 e. The van der Waals surface area contributed by atoms with Gasteiger partial charge in [-0.3, -0.25) is 4.79 Å². The number of urea groups is 1. The van der Waals surface area contributed by atoms with Crippen LogP contribution in [0.25, 0.3) is 0 Å². The molecule has 0 saturated carbocycles. The van der Waals surface area contributed by atoms with Crippen molar-refractivity contribution in [3.63, 3.8) is 0 Å². The van der Waals surface area contributed by atoms with Crippen LogP contribution in [-0.2, 0) is 28.6 Å². The van der Waals surface area contributed by atoms with Crippen molar-refractivity contribution in [1.29, 1.82) is 0 Å². The van der Waals surface area contributed by atoms with Gasteiger partial charge in [-0.05, 0) is 75.2 Å². The van der Waals surface area contributed by atoms with Crippen LogP contribution in [0.4, 0.5) is 4.79 Å². The number of amides is 2. The average molecular weight is 487 g/mol. The lowest BCUT2D eigenvalue weighted by Gasteiger charge is -2.27. The van der Waals surface area contributed by atoms with Gasteiger partial charge in [-0.15, -0.1) is 0 Å². The van der Waals surface area contributed by atoms with Gasteiger partial charge < -0.3 is 24.8 Å². The van der Waals surface area contributed by atoms with Crippen LogP contribution in [0.2, 0.25) is 0 Å². The van der Waals surface area contributed by atoms with Crippen molar-refractivity contribution in [3.05, 3.63) is 0 Å². The first-order valence-electron chi connectivity index (χ1n) is 12.1. The van der Waals surface area contributed by atoms with E-state index in [4.69, 9.17) is 14.2 Å². The molecule has 0 aliphatic rings. The van der Waals surface area contributed by atoms with Crippen molar-refractivity contribution < 1.29 is 33.4 Å². The number of rotatable bonds is 11. The molecule has 2 N–H and O–H groups in total. The van der Waals surface area contributed by atoms with E-state index in [-0.39, 0.29) is 12.8 Å². The Balaban J connectivity index is 5.37. The molecule has 0 heterocycles. The summed E-state index contributed by atoms with van der Waals surface area (Å²) in [5, 5.41) is 5.18. The zero-order valence-electron chi connectivity index (χ0n) is 22.8. The van der Waals surface area contributed by atoms with Crippen LogP contribution >= 0.6 is 0 Å². The number of carbonyl (C=O) groups is 4.